The fourth-order valence-corrected chi connectivity index (χ4v) is 0.904. The number of hydrogen-bond acceptors (Lipinski definition) is 3. The van der Waals surface area contributed by atoms with E-state index in [0.717, 1.165) is 24.3 Å². The van der Waals surface area contributed by atoms with Gasteiger partial charge >= 0.3 is 0 Å². The van der Waals surface area contributed by atoms with Crippen molar-refractivity contribution in [3.05, 3.63) is 17.5 Å². The van der Waals surface area contributed by atoms with E-state index >= 15 is 0 Å². The average Bonchev–Trinajstić information content (AvgIpc) is 2.31. The van der Waals surface area contributed by atoms with Gasteiger partial charge in [-0.3, -0.25) is 0 Å². The second-order valence-corrected chi connectivity index (χ2v) is 2.95. The Labute approximate surface area is 66.6 Å². The first-order valence-corrected chi connectivity index (χ1v) is 3.86. The lowest BCUT2D eigenvalue weighted by molar-refractivity contribution is 0.374. The minimum absolute atomic E-state index is 0.236. The highest BCUT2D eigenvalue weighted by molar-refractivity contribution is 5.03. The van der Waals surface area contributed by atoms with Crippen LogP contribution in [0.5, 0.6) is 0 Å². The van der Waals surface area contributed by atoms with Gasteiger partial charge in [-0.1, -0.05) is 5.16 Å². The molecule has 0 aliphatic carbocycles. The Balaban J connectivity index is 2.39. The van der Waals surface area contributed by atoms with Gasteiger partial charge in [-0.15, -0.1) is 0 Å². The molecule has 0 bridgehead atoms. The molecule has 0 aliphatic rings. The van der Waals surface area contributed by atoms with Crippen molar-refractivity contribution in [3.8, 4) is 0 Å². The second-order valence-electron chi connectivity index (χ2n) is 2.95. The first-order valence-electron chi connectivity index (χ1n) is 3.86. The zero-order valence-electron chi connectivity index (χ0n) is 7.00. The van der Waals surface area contributed by atoms with Crippen molar-refractivity contribution in [3.63, 3.8) is 0 Å². The minimum atomic E-state index is 0.236. The zero-order valence-corrected chi connectivity index (χ0v) is 7.00. The summed E-state index contributed by atoms with van der Waals surface area (Å²) in [5.74, 6) is 0.930. The fraction of sp³-hybridized carbons (Fsp3) is 0.625. The largest absolute Gasteiger partial charge is 0.361 e. The molecule has 3 nitrogen and oxygen atoms in total. The van der Waals surface area contributed by atoms with Gasteiger partial charge in [-0.25, -0.2) is 0 Å². The molecule has 0 saturated heterocycles. The van der Waals surface area contributed by atoms with Gasteiger partial charge in [0.25, 0.3) is 0 Å². The molecule has 0 amide bonds. The van der Waals surface area contributed by atoms with Crippen LogP contribution in [-0.2, 0) is 6.42 Å². The van der Waals surface area contributed by atoms with Crippen LogP contribution in [-0.4, -0.2) is 11.2 Å². The molecule has 1 heterocycles. The SMILES string of the molecule is Cc1cc(CC[C@H](C)N)on1. The Bertz CT molecular complexity index is 218. The fourth-order valence-electron chi connectivity index (χ4n) is 0.904. The van der Waals surface area contributed by atoms with Gasteiger partial charge < -0.3 is 10.3 Å². The molecule has 11 heavy (non-hydrogen) atoms. The van der Waals surface area contributed by atoms with Crippen molar-refractivity contribution in [2.45, 2.75) is 32.7 Å². The first kappa shape index (κ1) is 8.27. The number of nitrogens with two attached hydrogens (primary N) is 1. The molecular formula is C8H14N2O. The number of rotatable bonds is 3. The van der Waals surface area contributed by atoms with Gasteiger partial charge in [-0.2, -0.15) is 0 Å². The Morgan fingerprint density at radius 3 is 2.91 bits per heavy atom. The topological polar surface area (TPSA) is 52.0 Å². The number of nitrogens with zero attached hydrogens (tertiary/aromatic N) is 1. The third kappa shape index (κ3) is 2.72. The number of aryl methyl sites for hydroxylation is 2. The normalized spacial score (nSPS) is 13.4. The van der Waals surface area contributed by atoms with Crippen molar-refractivity contribution < 1.29 is 4.52 Å². The molecule has 1 aromatic rings. The Morgan fingerprint density at radius 2 is 2.45 bits per heavy atom. The van der Waals surface area contributed by atoms with Crippen LogP contribution in [0.1, 0.15) is 24.8 Å². The summed E-state index contributed by atoms with van der Waals surface area (Å²) in [5.41, 5.74) is 6.52. The highest BCUT2D eigenvalue weighted by Crippen LogP contribution is 2.05. The lowest BCUT2D eigenvalue weighted by atomic mass is 10.1. The molecule has 3 heteroatoms. The standard InChI is InChI=1S/C8H14N2O/c1-6(9)3-4-8-5-7(2)10-11-8/h5-6H,3-4,9H2,1-2H3/t6-/m0/s1. The molecule has 0 fully saturated rings. The summed E-state index contributed by atoms with van der Waals surface area (Å²) >= 11 is 0. The molecule has 0 aliphatic heterocycles. The van der Waals surface area contributed by atoms with Crippen LogP contribution in [0.3, 0.4) is 0 Å². The van der Waals surface area contributed by atoms with E-state index in [1.54, 1.807) is 0 Å². The van der Waals surface area contributed by atoms with Gasteiger partial charge in [0.15, 0.2) is 0 Å². The lowest BCUT2D eigenvalue weighted by Gasteiger charge is -1.99. The average molecular weight is 154 g/mol. The molecule has 0 saturated carbocycles. The quantitative estimate of drug-likeness (QED) is 0.713. The van der Waals surface area contributed by atoms with E-state index in [9.17, 15) is 0 Å². The van der Waals surface area contributed by atoms with Crippen molar-refractivity contribution in [1.29, 1.82) is 0 Å². The van der Waals surface area contributed by atoms with E-state index in [0.29, 0.717) is 0 Å². The second kappa shape index (κ2) is 3.53. The Kier molecular flexibility index (Phi) is 2.65. The molecule has 1 aromatic heterocycles. The molecule has 0 radical (unpaired) electrons. The number of aromatic nitrogens is 1. The molecule has 0 unspecified atom stereocenters. The van der Waals surface area contributed by atoms with E-state index in [4.69, 9.17) is 10.3 Å². The summed E-state index contributed by atoms with van der Waals surface area (Å²) in [5, 5.41) is 3.78. The van der Waals surface area contributed by atoms with Gasteiger partial charge in [0.05, 0.1) is 5.69 Å². The van der Waals surface area contributed by atoms with Gasteiger partial charge in [0, 0.05) is 18.5 Å². The van der Waals surface area contributed by atoms with Gasteiger partial charge in [-0.05, 0) is 20.3 Å². The highest BCUT2D eigenvalue weighted by Gasteiger charge is 2.01. The summed E-state index contributed by atoms with van der Waals surface area (Å²) in [6, 6.07) is 2.18. The molecule has 1 atom stereocenters. The first-order chi connectivity index (χ1) is 5.18. The van der Waals surface area contributed by atoms with E-state index < -0.39 is 0 Å². The van der Waals surface area contributed by atoms with Crippen molar-refractivity contribution in [2.24, 2.45) is 5.73 Å². The minimum Gasteiger partial charge on any atom is -0.361 e. The zero-order chi connectivity index (χ0) is 8.27. The maximum Gasteiger partial charge on any atom is 0.137 e. The van der Waals surface area contributed by atoms with Crippen LogP contribution < -0.4 is 5.73 Å². The van der Waals surface area contributed by atoms with Crippen LogP contribution in [0.25, 0.3) is 0 Å². The third-order valence-corrected chi connectivity index (χ3v) is 1.52. The van der Waals surface area contributed by atoms with Crippen LogP contribution in [0.4, 0.5) is 0 Å². The van der Waals surface area contributed by atoms with E-state index in [2.05, 4.69) is 5.16 Å². The summed E-state index contributed by atoms with van der Waals surface area (Å²) < 4.78 is 5.01. The Hall–Kier alpha value is -0.830. The molecular weight excluding hydrogens is 140 g/mol. The van der Waals surface area contributed by atoms with Crippen molar-refractivity contribution in [2.75, 3.05) is 0 Å². The van der Waals surface area contributed by atoms with E-state index in [1.807, 2.05) is 19.9 Å². The van der Waals surface area contributed by atoms with Gasteiger partial charge in [0.2, 0.25) is 0 Å². The molecule has 0 aromatic carbocycles. The van der Waals surface area contributed by atoms with Crippen LogP contribution in [0, 0.1) is 6.92 Å². The predicted molar refractivity (Wildman–Crippen MR) is 43.2 cm³/mol. The maximum absolute atomic E-state index is 5.58. The number of hydrogen-bond donors (Lipinski definition) is 1. The smallest absolute Gasteiger partial charge is 0.137 e. The third-order valence-electron chi connectivity index (χ3n) is 1.52. The lowest BCUT2D eigenvalue weighted by Crippen LogP contribution is -2.15. The monoisotopic (exact) mass is 154 g/mol. The summed E-state index contributed by atoms with van der Waals surface area (Å²) in [6.07, 6.45) is 1.84. The Morgan fingerprint density at radius 1 is 1.73 bits per heavy atom. The highest BCUT2D eigenvalue weighted by atomic mass is 16.5. The van der Waals surface area contributed by atoms with Crippen LogP contribution in [0.15, 0.2) is 10.6 Å². The van der Waals surface area contributed by atoms with Crippen molar-refractivity contribution in [1.82, 2.24) is 5.16 Å². The molecule has 0 spiro atoms. The summed E-state index contributed by atoms with van der Waals surface area (Å²) in [7, 11) is 0. The molecule has 1 rings (SSSR count). The van der Waals surface area contributed by atoms with Crippen molar-refractivity contribution >= 4 is 0 Å². The van der Waals surface area contributed by atoms with Crippen LogP contribution in [0.2, 0.25) is 0 Å². The summed E-state index contributed by atoms with van der Waals surface area (Å²) in [4.78, 5) is 0. The van der Waals surface area contributed by atoms with Gasteiger partial charge in [0.1, 0.15) is 5.76 Å². The summed E-state index contributed by atoms with van der Waals surface area (Å²) in [6.45, 7) is 3.90. The van der Waals surface area contributed by atoms with E-state index in [1.165, 1.54) is 0 Å². The maximum atomic E-state index is 5.58. The predicted octanol–water partition coefficient (Wildman–Crippen LogP) is 1.26. The molecule has 62 valence electrons. The molecule has 2 N–H and O–H groups in total. The van der Waals surface area contributed by atoms with E-state index in [-0.39, 0.29) is 6.04 Å². The van der Waals surface area contributed by atoms with Crippen LogP contribution >= 0.6 is 0 Å².